The summed E-state index contributed by atoms with van der Waals surface area (Å²) in [5.41, 5.74) is 18.3. The van der Waals surface area contributed by atoms with Crippen molar-refractivity contribution < 1.29 is 58.5 Å². The highest BCUT2D eigenvalue weighted by Gasteiger charge is 2.47. The summed E-state index contributed by atoms with van der Waals surface area (Å²) in [6.07, 6.45) is 3.04. The number of H-pyrrole nitrogens is 1. The Morgan fingerprint density at radius 2 is 1.56 bits per heavy atom. The molecule has 26 heteroatoms. The highest BCUT2D eigenvalue weighted by Crippen LogP contribution is 2.35. The molecule has 6 rings (SSSR count). The number of thioether (sulfide) groups is 1. The molecular formula is C47H61N13O12S. The van der Waals surface area contributed by atoms with Crippen molar-refractivity contribution in [1.29, 1.82) is 0 Å². The van der Waals surface area contributed by atoms with Crippen molar-refractivity contribution >= 4 is 71.0 Å². The Morgan fingerprint density at radius 3 is 2.23 bits per heavy atom. The second-order valence-corrected chi connectivity index (χ2v) is 19.2. The van der Waals surface area contributed by atoms with Crippen LogP contribution in [0.5, 0.6) is 5.75 Å². The molecule has 392 valence electrons. The number of hydrogen-bond donors (Lipinski definition) is 12. The van der Waals surface area contributed by atoms with Gasteiger partial charge >= 0.3 is 11.9 Å². The maximum absolute atomic E-state index is 14.9. The Hall–Kier alpha value is -7.74. The van der Waals surface area contributed by atoms with E-state index in [1.165, 1.54) is 34.5 Å². The second-order valence-electron chi connectivity index (χ2n) is 18.0. The van der Waals surface area contributed by atoms with Gasteiger partial charge in [0.15, 0.2) is 5.96 Å². The summed E-state index contributed by atoms with van der Waals surface area (Å²) in [6, 6.07) is 4.34. The van der Waals surface area contributed by atoms with Crippen molar-refractivity contribution in [3.05, 3.63) is 83.9 Å². The van der Waals surface area contributed by atoms with Gasteiger partial charge in [0.2, 0.25) is 41.4 Å². The summed E-state index contributed by atoms with van der Waals surface area (Å²) >= 11 is 1.12. The summed E-state index contributed by atoms with van der Waals surface area (Å²) in [5, 5.41) is 41.7. The smallest absolute Gasteiger partial charge is 0.326 e. The monoisotopic (exact) mass is 1030 g/mol. The molecule has 3 aliphatic heterocycles. The predicted octanol–water partition coefficient (Wildman–Crippen LogP) is -2.44. The van der Waals surface area contributed by atoms with Crippen molar-refractivity contribution in [3.8, 4) is 5.75 Å². The molecule has 0 saturated carbocycles. The zero-order valence-electron chi connectivity index (χ0n) is 39.7. The lowest BCUT2D eigenvalue weighted by Crippen LogP contribution is -2.60. The van der Waals surface area contributed by atoms with Crippen molar-refractivity contribution in [3.63, 3.8) is 0 Å². The molecule has 7 amide bonds. The van der Waals surface area contributed by atoms with Gasteiger partial charge in [-0.2, -0.15) is 0 Å². The average molecular weight is 1030 g/mol. The van der Waals surface area contributed by atoms with Gasteiger partial charge in [-0.05, 0) is 61.8 Å². The van der Waals surface area contributed by atoms with Crippen molar-refractivity contribution in [2.24, 2.45) is 22.2 Å². The number of amides is 7. The van der Waals surface area contributed by atoms with Gasteiger partial charge in [0.1, 0.15) is 48.0 Å². The minimum Gasteiger partial charge on any atom is -0.508 e. The van der Waals surface area contributed by atoms with E-state index >= 15 is 0 Å². The molecule has 9 atom stereocenters. The number of aromatic nitrogens is 2. The summed E-state index contributed by atoms with van der Waals surface area (Å²) in [6.45, 7) is 0.198. The zero-order chi connectivity index (χ0) is 52.8. The fourth-order valence-corrected chi connectivity index (χ4v) is 10.3. The fourth-order valence-electron chi connectivity index (χ4n) is 8.92. The molecule has 2 aromatic carbocycles. The Morgan fingerprint density at radius 1 is 0.849 bits per heavy atom. The van der Waals surface area contributed by atoms with Gasteiger partial charge in [-0.1, -0.05) is 42.5 Å². The molecule has 0 unspecified atom stereocenters. The van der Waals surface area contributed by atoms with E-state index in [0.717, 1.165) is 11.8 Å². The molecule has 1 aromatic heterocycles. The number of rotatable bonds is 22. The molecule has 15 N–H and O–H groups in total. The maximum atomic E-state index is 14.9. The summed E-state index contributed by atoms with van der Waals surface area (Å²) < 4.78 is 0. The number of hydrogen-bond acceptors (Lipinski definition) is 14. The molecule has 25 nitrogen and oxygen atoms in total. The molecule has 0 aliphatic carbocycles. The van der Waals surface area contributed by atoms with Crippen LogP contribution in [0.3, 0.4) is 0 Å². The van der Waals surface area contributed by atoms with E-state index in [1.807, 2.05) is 0 Å². The number of likely N-dealkylation sites (tertiary alicyclic amines) is 1. The van der Waals surface area contributed by atoms with E-state index in [-0.39, 0.29) is 81.9 Å². The van der Waals surface area contributed by atoms with Crippen LogP contribution in [0, 0.1) is 0 Å². The molecule has 73 heavy (non-hydrogen) atoms. The summed E-state index contributed by atoms with van der Waals surface area (Å²) in [5.74, 6) is -8.20. The number of aromatic amines is 1. The zero-order valence-corrected chi connectivity index (χ0v) is 40.5. The Balaban J connectivity index is 1.23. The lowest BCUT2D eigenvalue weighted by molar-refractivity contribution is -0.145. The topological polar surface area (TPSA) is 400 Å². The normalized spacial score (nSPS) is 21.4. The van der Waals surface area contributed by atoms with Crippen molar-refractivity contribution in [2.45, 2.75) is 118 Å². The number of aliphatic carboxylic acids is 2. The first-order valence-electron chi connectivity index (χ1n) is 23.7. The van der Waals surface area contributed by atoms with Gasteiger partial charge < -0.3 is 73.9 Å². The Kier molecular flexibility index (Phi) is 19.1. The molecule has 0 radical (unpaired) electrons. The number of carbonyl (C=O) groups is 9. The van der Waals surface area contributed by atoms with E-state index in [2.05, 4.69) is 41.5 Å². The third kappa shape index (κ3) is 15.1. The maximum Gasteiger partial charge on any atom is 0.326 e. The second kappa shape index (κ2) is 25.6. The molecule has 3 aromatic rings. The van der Waals surface area contributed by atoms with Gasteiger partial charge in [0.25, 0.3) is 0 Å². The number of nitrogens with two attached hydrogens (primary N) is 3. The number of aliphatic imine (C=N–C) groups is 1. The van der Waals surface area contributed by atoms with E-state index in [4.69, 9.17) is 17.2 Å². The third-order valence-electron chi connectivity index (χ3n) is 12.6. The number of benzene rings is 2. The number of phenolic OH excluding ortho intramolecular Hbond substituents is 1. The van der Waals surface area contributed by atoms with Crippen molar-refractivity contribution in [1.82, 2.24) is 46.4 Å². The van der Waals surface area contributed by atoms with Gasteiger partial charge in [-0.3, -0.25) is 43.3 Å². The SMILES string of the molecule is NC(N)=NCCC[C@H](NC(=O)[C@@H](N)CC(=O)O)C(=O)N[C@H]1CS[C@@H]2CC[C@@H](C(=O)N[C@@H](Cc3cnc[nH]3)C(=O)N3CCC[C@H]3C(=O)N[C@@H](Cc3ccccc3)C(=O)O)N2C(=O)[C@H](Cc2ccc(O)cc2)NC1=O. The molecule has 3 aliphatic rings. The number of aromatic hydroxyl groups is 1. The quantitative estimate of drug-likeness (QED) is 0.0283. The number of guanidine groups is 1. The highest BCUT2D eigenvalue weighted by atomic mass is 32.2. The number of phenols is 1. The van der Waals surface area contributed by atoms with Crippen molar-refractivity contribution in [2.75, 3.05) is 18.8 Å². The van der Waals surface area contributed by atoms with Crippen LogP contribution in [0.1, 0.15) is 61.8 Å². The molecule has 3 fully saturated rings. The lowest BCUT2D eigenvalue weighted by atomic mass is 10.0. The number of nitrogens with zero attached hydrogens (tertiary/aromatic N) is 4. The third-order valence-corrected chi connectivity index (χ3v) is 14.0. The van der Waals surface area contributed by atoms with Crippen LogP contribution in [0.2, 0.25) is 0 Å². The summed E-state index contributed by atoms with van der Waals surface area (Å²) in [7, 11) is 0. The van der Waals surface area contributed by atoms with Crippen LogP contribution in [-0.4, -0.2) is 167 Å². The van der Waals surface area contributed by atoms with Crippen LogP contribution in [0.15, 0.2) is 72.1 Å². The first-order valence-corrected chi connectivity index (χ1v) is 24.7. The molecule has 4 heterocycles. The number of fused-ring (bicyclic) bond motifs is 1. The number of carboxylic acid groups (broad SMARTS) is 2. The first kappa shape index (κ1) is 54.6. The van der Waals surface area contributed by atoms with Gasteiger partial charge in [-0.25, -0.2) is 9.78 Å². The molecule has 0 spiro atoms. The van der Waals surface area contributed by atoms with Crippen LogP contribution in [0.4, 0.5) is 0 Å². The van der Waals surface area contributed by atoms with Crippen LogP contribution in [0.25, 0.3) is 0 Å². The first-order chi connectivity index (χ1) is 34.9. The summed E-state index contributed by atoms with van der Waals surface area (Å²) in [4.78, 5) is 136. The Bertz CT molecular complexity index is 2500. The Labute approximate surface area is 423 Å². The van der Waals surface area contributed by atoms with Gasteiger partial charge in [0.05, 0.1) is 24.2 Å². The average Bonchev–Trinajstić information content (AvgIpc) is 4.16. The standard InChI is InChI=1S/C47H61N13O12S/c48-29(21-38(62)63)39(64)54-30(8-4-16-52-47(49)50)40(65)58-34-23-73-37-15-14-36(60(37)45(70)31(55-41(34)66)18-26-10-12-28(61)13-11-26)43(68)56-32(20-27-22-51-24-53-27)44(69)59-17-5-9-35(59)42(67)57-33(46(71)72)19-25-6-2-1-3-7-25/h1-3,6-7,10-13,22,24,29-37,61H,4-5,8-9,14-21,23,48H2,(H,51,53)(H,54,64)(H,55,66)(H,56,68)(H,57,67)(H,58,65)(H,62,63)(H,71,72)(H4,49,50,52)/t29-,30-,31-,32-,33-,34-,35-,36-,37+/m0/s1. The van der Waals surface area contributed by atoms with E-state index in [0.29, 0.717) is 23.2 Å². The largest absolute Gasteiger partial charge is 0.508 e. The number of imidazole rings is 1. The molecular weight excluding hydrogens is 971 g/mol. The highest BCUT2D eigenvalue weighted by molar-refractivity contribution is 7.99. The van der Waals surface area contributed by atoms with Crippen LogP contribution in [-0.2, 0) is 62.4 Å². The van der Waals surface area contributed by atoms with Gasteiger partial charge in [-0.15, -0.1) is 11.8 Å². The van der Waals surface area contributed by atoms with E-state index in [9.17, 15) is 58.5 Å². The van der Waals surface area contributed by atoms with E-state index < -0.39 is 113 Å². The fraction of sp³-hybridized carbons (Fsp3) is 0.468. The predicted molar refractivity (Wildman–Crippen MR) is 263 cm³/mol. The van der Waals surface area contributed by atoms with E-state index in [1.54, 1.807) is 42.5 Å². The molecule has 0 bridgehead atoms. The van der Waals surface area contributed by atoms with Crippen LogP contribution < -0.4 is 43.8 Å². The van der Waals surface area contributed by atoms with Gasteiger partial charge in [0, 0.05) is 50.0 Å². The molecule has 3 saturated heterocycles. The number of carboxylic acids is 2. The minimum atomic E-state index is -1.51. The van der Waals surface area contributed by atoms with Crippen LogP contribution >= 0.6 is 11.8 Å². The number of carbonyl (C=O) groups excluding carboxylic acids is 7. The number of nitrogens with one attached hydrogen (secondary N) is 6. The minimum absolute atomic E-state index is 0.00179. The lowest BCUT2D eigenvalue weighted by Gasteiger charge is -2.33.